The SMILES string of the molecule is CC(C)(O)[C@@H]1CC[C@@H](c2ccccc2)O1. The summed E-state index contributed by atoms with van der Waals surface area (Å²) < 4.78 is 5.86. The Labute approximate surface area is 90.9 Å². The normalized spacial score (nSPS) is 26.9. The zero-order valence-electron chi connectivity index (χ0n) is 9.31. The molecule has 1 fully saturated rings. The standard InChI is InChI=1S/C13H18O2/c1-13(2,14)12-9-8-11(15-12)10-6-4-3-5-7-10/h3-7,11-12,14H,8-9H2,1-2H3/t11-,12-/m0/s1. The molecule has 82 valence electrons. The fraction of sp³-hybridized carbons (Fsp3) is 0.538. The van der Waals surface area contributed by atoms with Crippen LogP contribution in [0.2, 0.25) is 0 Å². The van der Waals surface area contributed by atoms with E-state index in [2.05, 4.69) is 12.1 Å². The average Bonchev–Trinajstić information content (AvgIpc) is 2.67. The molecule has 0 saturated carbocycles. The van der Waals surface area contributed by atoms with Gasteiger partial charge in [0.25, 0.3) is 0 Å². The quantitative estimate of drug-likeness (QED) is 0.806. The van der Waals surface area contributed by atoms with Crippen LogP contribution in [0.15, 0.2) is 30.3 Å². The summed E-state index contributed by atoms with van der Waals surface area (Å²) >= 11 is 0. The molecule has 1 heterocycles. The Bertz CT molecular complexity index is 313. The molecule has 1 aliphatic heterocycles. The monoisotopic (exact) mass is 206 g/mol. The summed E-state index contributed by atoms with van der Waals surface area (Å²) in [5.74, 6) is 0. The molecule has 1 aromatic carbocycles. The van der Waals surface area contributed by atoms with Crippen LogP contribution in [-0.2, 0) is 4.74 Å². The van der Waals surface area contributed by atoms with Gasteiger partial charge in [-0.2, -0.15) is 0 Å². The van der Waals surface area contributed by atoms with Gasteiger partial charge in [0.2, 0.25) is 0 Å². The topological polar surface area (TPSA) is 29.5 Å². The van der Waals surface area contributed by atoms with E-state index in [1.54, 1.807) is 0 Å². The molecule has 0 aromatic heterocycles. The molecule has 2 heteroatoms. The fourth-order valence-electron chi connectivity index (χ4n) is 2.07. The van der Waals surface area contributed by atoms with E-state index in [0.717, 1.165) is 12.8 Å². The lowest BCUT2D eigenvalue weighted by molar-refractivity contribution is -0.0834. The number of ether oxygens (including phenoxy) is 1. The molecule has 15 heavy (non-hydrogen) atoms. The Kier molecular flexibility index (Phi) is 2.81. The summed E-state index contributed by atoms with van der Waals surface area (Å²) in [7, 11) is 0. The Hall–Kier alpha value is -0.860. The molecule has 0 amide bonds. The number of hydrogen-bond acceptors (Lipinski definition) is 2. The average molecular weight is 206 g/mol. The number of benzene rings is 1. The van der Waals surface area contributed by atoms with Gasteiger partial charge in [-0.05, 0) is 32.3 Å². The van der Waals surface area contributed by atoms with E-state index in [1.165, 1.54) is 5.56 Å². The van der Waals surface area contributed by atoms with E-state index in [4.69, 9.17) is 4.74 Å². The zero-order chi connectivity index (χ0) is 10.9. The maximum absolute atomic E-state index is 9.86. The van der Waals surface area contributed by atoms with Gasteiger partial charge >= 0.3 is 0 Å². The molecule has 1 saturated heterocycles. The second-order valence-electron chi connectivity index (χ2n) is 4.76. The van der Waals surface area contributed by atoms with Crippen LogP contribution in [0, 0.1) is 0 Å². The molecule has 0 unspecified atom stereocenters. The van der Waals surface area contributed by atoms with E-state index in [9.17, 15) is 5.11 Å². The number of rotatable bonds is 2. The zero-order valence-corrected chi connectivity index (χ0v) is 9.31. The maximum Gasteiger partial charge on any atom is 0.0865 e. The van der Waals surface area contributed by atoms with Crippen LogP contribution in [0.4, 0.5) is 0 Å². The van der Waals surface area contributed by atoms with Crippen LogP contribution < -0.4 is 0 Å². The van der Waals surface area contributed by atoms with Gasteiger partial charge in [-0.3, -0.25) is 0 Å². The Morgan fingerprint density at radius 1 is 1.20 bits per heavy atom. The van der Waals surface area contributed by atoms with Crippen LogP contribution in [0.5, 0.6) is 0 Å². The van der Waals surface area contributed by atoms with Gasteiger partial charge in [0, 0.05) is 0 Å². The second-order valence-corrected chi connectivity index (χ2v) is 4.76. The summed E-state index contributed by atoms with van der Waals surface area (Å²) in [6.07, 6.45) is 2.05. The lowest BCUT2D eigenvalue weighted by Crippen LogP contribution is -2.35. The third kappa shape index (κ3) is 2.39. The lowest BCUT2D eigenvalue weighted by Gasteiger charge is -2.25. The van der Waals surface area contributed by atoms with Gasteiger partial charge in [0.1, 0.15) is 0 Å². The van der Waals surface area contributed by atoms with E-state index in [0.29, 0.717) is 0 Å². The first kappa shape index (κ1) is 10.7. The highest BCUT2D eigenvalue weighted by Gasteiger charge is 2.35. The van der Waals surface area contributed by atoms with Crippen molar-refractivity contribution < 1.29 is 9.84 Å². The van der Waals surface area contributed by atoms with Crippen LogP contribution in [0.3, 0.4) is 0 Å². The summed E-state index contributed by atoms with van der Waals surface area (Å²) in [6.45, 7) is 3.62. The Balaban J connectivity index is 2.05. The summed E-state index contributed by atoms with van der Waals surface area (Å²) in [5, 5.41) is 9.86. The van der Waals surface area contributed by atoms with Gasteiger partial charge < -0.3 is 9.84 Å². The van der Waals surface area contributed by atoms with Crippen molar-refractivity contribution in [3.63, 3.8) is 0 Å². The highest BCUT2D eigenvalue weighted by molar-refractivity contribution is 5.18. The predicted molar refractivity (Wildman–Crippen MR) is 59.6 cm³/mol. The van der Waals surface area contributed by atoms with Crippen molar-refractivity contribution in [2.45, 2.75) is 44.5 Å². The van der Waals surface area contributed by atoms with Crippen LogP contribution in [-0.4, -0.2) is 16.8 Å². The third-order valence-electron chi connectivity index (χ3n) is 2.98. The van der Waals surface area contributed by atoms with Crippen molar-refractivity contribution in [2.24, 2.45) is 0 Å². The van der Waals surface area contributed by atoms with Gasteiger partial charge in [-0.1, -0.05) is 30.3 Å². The van der Waals surface area contributed by atoms with E-state index >= 15 is 0 Å². The molecule has 0 bridgehead atoms. The van der Waals surface area contributed by atoms with Crippen LogP contribution >= 0.6 is 0 Å². The number of aliphatic hydroxyl groups is 1. The molecule has 0 aliphatic carbocycles. The summed E-state index contributed by atoms with van der Waals surface area (Å²) in [4.78, 5) is 0. The van der Waals surface area contributed by atoms with Crippen LogP contribution in [0.1, 0.15) is 38.4 Å². The number of hydrogen-bond donors (Lipinski definition) is 1. The smallest absolute Gasteiger partial charge is 0.0865 e. The van der Waals surface area contributed by atoms with Crippen molar-refractivity contribution in [3.8, 4) is 0 Å². The summed E-state index contributed by atoms with van der Waals surface area (Å²) in [5.41, 5.74) is 0.480. The predicted octanol–water partition coefficient (Wildman–Crippen LogP) is 2.68. The van der Waals surface area contributed by atoms with Crippen LogP contribution in [0.25, 0.3) is 0 Å². The molecule has 0 radical (unpaired) electrons. The van der Waals surface area contributed by atoms with Gasteiger partial charge in [-0.25, -0.2) is 0 Å². The van der Waals surface area contributed by atoms with E-state index in [1.807, 2.05) is 32.0 Å². The highest BCUT2D eigenvalue weighted by atomic mass is 16.5. The largest absolute Gasteiger partial charge is 0.388 e. The van der Waals surface area contributed by atoms with Gasteiger partial charge in [0.15, 0.2) is 0 Å². The third-order valence-corrected chi connectivity index (χ3v) is 2.98. The van der Waals surface area contributed by atoms with Gasteiger partial charge in [0.05, 0.1) is 17.8 Å². The highest BCUT2D eigenvalue weighted by Crippen LogP contribution is 2.36. The Morgan fingerprint density at radius 2 is 1.87 bits per heavy atom. The maximum atomic E-state index is 9.86. The first-order valence-corrected chi connectivity index (χ1v) is 5.50. The summed E-state index contributed by atoms with van der Waals surface area (Å²) in [6, 6.07) is 10.2. The minimum absolute atomic E-state index is 0.0392. The Morgan fingerprint density at radius 3 is 2.40 bits per heavy atom. The molecule has 1 aromatic rings. The van der Waals surface area contributed by atoms with E-state index < -0.39 is 5.60 Å². The van der Waals surface area contributed by atoms with Crippen molar-refractivity contribution in [1.29, 1.82) is 0 Å². The fourth-order valence-corrected chi connectivity index (χ4v) is 2.07. The van der Waals surface area contributed by atoms with Gasteiger partial charge in [-0.15, -0.1) is 0 Å². The molecular formula is C13H18O2. The minimum atomic E-state index is -0.733. The molecule has 2 nitrogen and oxygen atoms in total. The molecule has 0 spiro atoms. The molecule has 2 atom stereocenters. The minimum Gasteiger partial charge on any atom is -0.388 e. The lowest BCUT2D eigenvalue weighted by atomic mass is 9.98. The molecule has 2 rings (SSSR count). The second kappa shape index (κ2) is 3.95. The van der Waals surface area contributed by atoms with Crippen molar-refractivity contribution in [1.82, 2.24) is 0 Å². The van der Waals surface area contributed by atoms with Crippen molar-refractivity contribution in [2.75, 3.05) is 0 Å². The molecule has 1 N–H and O–H groups in total. The van der Waals surface area contributed by atoms with Crippen molar-refractivity contribution >= 4 is 0 Å². The molecule has 1 aliphatic rings. The van der Waals surface area contributed by atoms with E-state index in [-0.39, 0.29) is 12.2 Å². The first-order chi connectivity index (χ1) is 7.07. The van der Waals surface area contributed by atoms with Crippen molar-refractivity contribution in [3.05, 3.63) is 35.9 Å². The first-order valence-electron chi connectivity index (χ1n) is 5.50. The molecular weight excluding hydrogens is 188 g/mol.